The third-order valence-electron chi connectivity index (χ3n) is 4.72. The summed E-state index contributed by atoms with van der Waals surface area (Å²) in [5, 5.41) is 3.15. The fourth-order valence-electron chi connectivity index (χ4n) is 3.23. The Kier molecular flexibility index (Phi) is 3.56. The van der Waals surface area contributed by atoms with Crippen molar-refractivity contribution in [3.63, 3.8) is 0 Å². The molecule has 2 saturated carbocycles. The van der Waals surface area contributed by atoms with Crippen LogP contribution in [0.5, 0.6) is 11.5 Å². The molecular weight excluding hydrogens is 278 g/mol. The zero-order valence-electron chi connectivity index (χ0n) is 12.8. The lowest BCUT2D eigenvalue weighted by atomic mass is 10.2. The molecule has 2 atom stereocenters. The maximum absolute atomic E-state index is 5.99. The maximum atomic E-state index is 5.99. The highest BCUT2D eigenvalue weighted by Gasteiger charge is 2.46. The van der Waals surface area contributed by atoms with Crippen LogP contribution in [-0.2, 0) is 0 Å². The molecule has 118 valence electrons. The standard InChI is InChI=1S/C17H23N3O2/c18-17(19-10-12-8-14(12)11-2-3-11)20-13-4-5-15-16(9-13)22-7-1-6-21-15/h4-5,9,11-12,14H,1-3,6-8,10H2,(H3,18,19,20)/t12-,14-/m0/s1. The van der Waals surface area contributed by atoms with E-state index in [4.69, 9.17) is 15.2 Å². The minimum absolute atomic E-state index is 0.482. The summed E-state index contributed by atoms with van der Waals surface area (Å²) in [6.45, 7) is 2.24. The Labute approximate surface area is 130 Å². The summed E-state index contributed by atoms with van der Waals surface area (Å²) in [5.41, 5.74) is 6.88. The normalized spacial score (nSPS) is 27.2. The molecular formula is C17H23N3O2. The molecule has 5 nitrogen and oxygen atoms in total. The van der Waals surface area contributed by atoms with E-state index in [9.17, 15) is 0 Å². The lowest BCUT2D eigenvalue weighted by Crippen LogP contribution is -2.23. The molecule has 5 heteroatoms. The third-order valence-corrected chi connectivity index (χ3v) is 4.72. The molecule has 0 bridgehead atoms. The number of ether oxygens (including phenoxy) is 2. The van der Waals surface area contributed by atoms with Gasteiger partial charge >= 0.3 is 0 Å². The van der Waals surface area contributed by atoms with Crippen molar-refractivity contribution in [1.82, 2.24) is 0 Å². The van der Waals surface area contributed by atoms with E-state index in [1.54, 1.807) is 0 Å². The second kappa shape index (κ2) is 5.71. The van der Waals surface area contributed by atoms with Gasteiger partial charge in [-0.05, 0) is 49.1 Å². The Bertz CT molecular complexity index is 583. The van der Waals surface area contributed by atoms with Crippen molar-refractivity contribution < 1.29 is 9.47 Å². The highest BCUT2D eigenvalue weighted by atomic mass is 16.5. The quantitative estimate of drug-likeness (QED) is 0.662. The molecule has 0 spiro atoms. The Hall–Kier alpha value is -1.91. The van der Waals surface area contributed by atoms with Crippen molar-refractivity contribution in [2.45, 2.75) is 25.7 Å². The predicted octanol–water partition coefficient (Wildman–Crippen LogP) is 2.62. The van der Waals surface area contributed by atoms with Crippen LogP contribution in [0.15, 0.2) is 23.2 Å². The molecule has 3 aliphatic rings. The Morgan fingerprint density at radius 1 is 1.23 bits per heavy atom. The van der Waals surface area contributed by atoms with Gasteiger partial charge in [-0.2, -0.15) is 0 Å². The van der Waals surface area contributed by atoms with E-state index in [1.165, 1.54) is 19.3 Å². The van der Waals surface area contributed by atoms with Crippen LogP contribution in [0, 0.1) is 17.8 Å². The smallest absolute Gasteiger partial charge is 0.193 e. The van der Waals surface area contributed by atoms with E-state index in [0.29, 0.717) is 19.2 Å². The molecule has 4 rings (SSSR count). The van der Waals surface area contributed by atoms with Gasteiger partial charge in [-0.15, -0.1) is 0 Å². The lowest BCUT2D eigenvalue weighted by Gasteiger charge is -2.10. The number of aliphatic imine (C=N–C) groups is 1. The zero-order valence-corrected chi connectivity index (χ0v) is 12.8. The first kappa shape index (κ1) is 13.7. The predicted molar refractivity (Wildman–Crippen MR) is 86.5 cm³/mol. The highest BCUT2D eigenvalue weighted by Crippen LogP contribution is 2.54. The first-order valence-corrected chi connectivity index (χ1v) is 8.26. The van der Waals surface area contributed by atoms with E-state index in [-0.39, 0.29) is 0 Å². The van der Waals surface area contributed by atoms with Gasteiger partial charge in [-0.1, -0.05) is 0 Å². The van der Waals surface area contributed by atoms with E-state index in [1.807, 2.05) is 18.2 Å². The SMILES string of the molecule is NC(=NC[C@@H]1C[C@H]1C1CC1)Nc1ccc2c(c1)OCCCO2. The molecule has 1 aromatic rings. The van der Waals surface area contributed by atoms with E-state index >= 15 is 0 Å². The molecule has 1 aromatic carbocycles. The van der Waals surface area contributed by atoms with E-state index < -0.39 is 0 Å². The second-order valence-corrected chi connectivity index (χ2v) is 6.56. The Balaban J connectivity index is 1.34. The van der Waals surface area contributed by atoms with Gasteiger partial charge in [-0.3, -0.25) is 4.99 Å². The van der Waals surface area contributed by atoms with E-state index in [0.717, 1.165) is 47.9 Å². The van der Waals surface area contributed by atoms with Gasteiger partial charge < -0.3 is 20.5 Å². The molecule has 0 amide bonds. The van der Waals surface area contributed by atoms with Crippen LogP contribution < -0.4 is 20.5 Å². The highest BCUT2D eigenvalue weighted by molar-refractivity contribution is 5.92. The molecule has 1 aliphatic heterocycles. The molecule has 2 fully saturated rings. The number of fused-ring (bicyclic) bond motifs is 1. The average Bonchev–Trinajstić information content (AvgIpc) is 3.39. The number of benzene rings is 1. The van der Waals surface area contributed by atoms with Crippen LogP contribution in [-0.4, -0.2) is 25.7 Å². The number of nitrogens with zero attached hydrogens (tertiary/aromatic N) is 1. The third kappa shape index (κ3) is 3.13. The van der Waals surface area contributed by atoms with E-state index in [2.05, 4.69) is 10.3 Å². The molecule has 1 heterocycles. The molecule has 2 aliphatic carbocycles. The largest absolute Gasteiger partial charge is 0.490 e. The van der Waals surface area contributed by atoms with Crippen molar-refractivity contribution >= 4 is 11.6 Å². The number of nitrogens with two attached hydrogens (primary N) is 1. The van der Waals surface area contributed by atoms with Gasteiger partial charge in [0.25, 0.3) is 0 Å². The number of rotatable bonds is 4. The zero-order chi connectivity index (χ0) is 14.9. The van der Waals surface area contributed by atoms with Crippen molar-refractivity contribution in [3.05, 3.63) is 18.2 Å². The summed E-state index contributed by atoms with van der Waals surface area (Å²) in [6.07, 6.45) is 5.10. The van der Waals surface area contributed by atoms with Gasteiger partial charge in [0.05, 0.1) is 13.2 Å². The second-order valence-electron chi connectivity index (χ2n) is 6.56. The molecule has 3 N–H and O–H groups in total. The van der Waals surface area contributed by atoms with Crippen LogP contribution in [0.4, 0.5) is 5.69 Å². The van der Waals surface area contributed by atoms with Crippen LogP contribution >= 0.6 is 0 Å². The van der Waals surface area contributed by atoms with Gasteiger partial charge in [0.2, 0.25) is 0 Å². The molecule has 0 aromatic heterocycles. The minimum atomic E-state index is 0.482. The lowest BCUT2D eigenvalue weighted by molar-refractivity contribution is 0.297. The minimum Gasteiger partial charge on any atom is -0.490 e. The Morgan fingerprint density at radius 3 is 2.86 bits per heavy atom. The van der Waals surface area contributed by atoms with Crippen LogP contribution in [0.1, 0.15) is 25.7 Å². The van der Waals surface area contributed by atoms with Crippen molar-refractivity contribution in [2.75, 3.05) is 25.1 Å². The van der Waals surface area contributed by atoms with Gasteiger partial charge in [0, 0.05) is 24.7 Å². The fraction of sp³-hybridized carbons (Fsp3) is 0.588. The topological polar surface area (TPSA) is 68.9 Å². The number of nitrogens with one attached hydrogen (secondary N) is 1. The molecule has 22 heavy (non-hydrogen) atoms. The fourth-order valence-corrected chi connectivity index (χ4v) is 3.23. The number of guanidine groups is 1. The number of anilines is 1. The summed E-state index contributed by atoms with van der Waals surface area (Å²) in [4.78, 5) is 4.48. The number of hydrogen-bond acceptors (Lipinski definition) is 3. The molecule has 0 saturated heterocycles. The molecule has 0 unspecified atom stereocenters. The van der Waals surface area contributed by atoms with Gasteiger partial charge in [0.15, 0.2) is 17.5 Å². The van der Waals surface area contributed by atoms with Crippen LogP contribution in [0.3, 0.4) is 0 Å². The maximum Gasteiger partial charge on any atom is 0.193 e. The van der Waals surface area contributed by atoms with Crippen LogP contribution in [0.25, 0.3) is 0 Å². The summed E-state index contributed by atoms with van der Waals surface area (Å²) in [6, 6.07) is 5.79. The first-order valence-electron chi connectivity index (χ1n) is 8.26. The monoisotopic (exact) mass is 301 g/mol. The van der Waals surface area contributed by atoms with Crippen molar-refractivity contribution in [1.29, 1.82) is 0 Å². The average molecular weight is 301 g/mol. The first-order chi connectivity index (χ1) is 10.8. The van der Waals surface area contributed by atoms with Gasteiger partial charge in [0.1, 0.15) is 0 Å². The van der Waals surface area contributed by atoms with Crippen molar-refractivity contribution in [3.8, 4) is 11.5 Å². The number of hydrogen-bond donors (Lipinski definition) is 2. The summed E-state index contributed by atoms with van der Waals surface area (Å²) >= 11 is 0. The van der Waals surface area contributed by atoms with Crippen molar-refractivity contribution in [2.24, 2.45) is 28.5 Å². The summed E-state index contributed by atoms with van der Waals surface area (Å²) in [5.74, 6) is 4.73. The summed E-state index contributed by atoms with van der Waals surface area (Å²) < 4.78 is 11.3. The molecule has 0 radical (unpaired) electrons. The Morgan fingerprint density at radius 2 is 2.05 bits per heavy atom. The van der Waals surface area contributed by atoms with Crippen LogP contribution in [0.2, 0.25) is 0 Å². The van der Waals surface area contributed by atoms with Gasteiger partial charge in [-0.25, -0.2) is 0 Å². The summed E-state index contributed by atoms with van der Waals surface area (Å²) in [7, 11) is 0.